The molecule has 136 valence electrons. The first-order valence-electron chi connectivity index (χ1n) is 9.47. The Bertz CT molecular complexity index is 656. The number of rotatable bonds is 7. The van der Waals surface area contributed by atoms with Gasteiger partial charge in [-0.1, -0.05) is 43.5 Å². The van der Waals surface area contributed by atoms with Crippen LogP contribution >= 0.6 is 0 Å². The Morgan fingerprint density at radius 1 is 1.16 bits per heavy atom. The van der Waals surface area contributed by atoms with E-state index >= 15 is 0 Å². The summed E-state index contributed by atoms with van der Waals surface area (Å²) >= 11 is 0. The Labute approximate surface area is 151 Å². The number of likely N-dealkylation sites (N-methyl/N-ethyl adjacent to an activating group) is 1. The molecular formula is C21H31N3O. The van der Waals surface area contributed by atoms with Crippen molar-refractivity contribution < 1.29 is 4.74 Å². The van der Waals surface area contributed by atoms with Gasteiger partial charge in [0.05, 0.1) is 12.3 Å². The molecule has 4 heteroatoms. The van der Waals surface area contributed by atoms with E-state index in [1.807, 2.05) is 11.7 Å². The fourth-order valence-electron chi connectivity index (χ4n) is 3.86. The Balaban J connectivity index is 1.74. The molecule has 1 aliphatic carbocycles. The molecule has 25 heavy (non-hydrogen) atoms. The van der Waals surface area contributed by atoms with Crippen LogP contribution in [-0.4, -0.2) is 42.0 Å². The Morgan fingerprint density at radius 3 is 2.56 bits per heavy atom. The van der Waals surface area contributed by atoms with Crippen LogP contribution in [0.2, 0.25) is 0 Å². The molecule has 1 heterocycles. The molecule has 0 spiro atoms. The first kappa shape index (κ1) is 18.2. The zero-order chi connectivity index (χ0) is 17.6. The van der Waals surface area contributed by atoms with Gasteiger partial charge in [-0.05, 0) is 31.4 Å². The van der Waals surface area contributed by atoms with Crippen LogP contribution in [-0.2, 0) is 18.3 Å². The first-order chi connectivity index (χ1) is 12.2. The van der Waals surface area contributed by atoms with Crippen LogP contribution < -0.4 is 0 Å². The van der Waals surface area contributed by atoms with Crippen molar-refractivity contribution in [3.05, 3.63) is 41.6 Å². The summed E-state index contributed by atoms with van der Waals surface area (Å²) in [6.07, 6.45) is 8.99. The van der Waals surface area contributed by atoms with E-state index in [1.54, 1.807) is 7.11 Å². The van der Waals surface area contributed by atoms with Crippen molar-refractivity contribution in [1.29, 1.82) is 0 Å². The molecule has 0 N–H and O–H groups in total. The third-order valence-corrected chi connectivity index (χ3v) is 5.28. The number of hydrogen-bond acceptors (Lipinski definition) is 3. The van der Waals surface area contributed by atoms with Gasteiger partial charge in [0.15, 0.2) is 0 Å². The van der Waals surface area contributed by atoms with Crippen LogP contribution in [0.15, 0.2) is 30.5 Å². The van der Waals surface area contributed by atoms with Crippen LogP contribution in [0.4, 0.5) is 0 Å². The van der Waals surface area contributed by atoms with E-state index in [2.05, 4.69) is 42.4 Å². The molecule has 0 bridgehead atoms. The minimum absolute atomic E-state index is 0.752. The maximum absolute atomic E-state index is 5.18. The van der Waals surface area contributed by atoms with Crippen LogP contribution in [0.25, 0.3) is 11.3 Å². The highest BCUT2D eigenvalue weighted by atomic mass is 16.5. The molecule has 1 aromatic carbocycles. The van der Waals surface area contributed by atoms with Crippen molar-refractivity contribution in [2.75, 3.05) is 27.3 Å². The topological polar surface area (TPSA) is 30.3 Å². The summed E-state index contributed by atoms with van der Waals surface area (Å²) in [6, 6.07) is 9.15. The Kier molecular flexibility index (Phi) is 6.27. The number of ether oxygens (including phenoxy) is 1. The SMILES string of the molecule is COCCN(C)Cc1cn(C)nc1-c1ccc(C2CCCCC2)cc1. The van der Waals surface area contributed by atoms with Crippen LogP contribution in [0, 0.1) is 0 Å². The zero-order valence-corrected chi connectivity index (χ0v) is 15.9. The summed E-state index contributed by atoms with van der Waals surface area (Å²) in [7, 11) is 5.87. The lowest BCUT2D eigenvalue weighted by atomic mass is 9.84. The predicted octanol–water partition coefficient (Wildman–Crippen LogP) is 4.21. The molecule has 1 aliphatic rings. The van der Waals surface area contributed by atoms with Crippen molar-refractivity contribution in [2.45, 2.75) is 44.6 Å². The second-order valence-electron chi connectivity index (χ2n) is 7.36. The van der Waals surface area contributed by atoms with Crippen molar-refractivity contribution in [3.63, 3.8) is 0 Å². The molecule has 0 unspecified atom stereocenters. The highest BCUT2D eigenvalue weighted by molar-refractivity contribution is 5.63. The van der Waals surface area contributed by atoms with Crippen LogP contribution in [0.5, 0.6) is 0 Å². The van der Waals surface area contributed by atoms with Gasteiger partial charge in [0, 0.05) is 44.6 Å². The highest BCUT2D eigenvalue weighted by Crippen LogP contribution is 2.33. The average Bonchev–Trinajstić information content (AvgIpc) is 3.01. The monoisotopic (exact) mass is 341 g/mol. The second-order valence-corrected chi connectivity index (χ2v) is 7.36. The molecule has 0 saturated heterocycles. The van der Waals surface area contributed by atoms with Gasteiger partial charge in [0.25, 0.3) is 0 Å². The predicted molar refractivity (Wildman–Crippen MR) is 103 cm³/mol. The molecule has 4 nitrogen and oxygen atoms in total. The van der Waals surface area contributed by atoms with Gasteiger partial charge < -0.3 is 4.74 Å². The van der Waals surface area contributed by atoms with E-state index in [9.17, 15) is 0 Å². The number of aromatic nitrogens is 2. The van der Waals surface area contributed by atoms with Gasteiger partial charge in [-0.2, -0.15) is 5.10 Å². The lowest BCUT2D eigenvalue weighted by Crippen LogP contribution is -2.22. The molecular weight excluding hydrogens is 310 g/mol. The van der Waals surface area contributed by atoms with Gasteiger partial charge in [-0.15, -0.1) is 0 Å². The van der Waals surface area contributed by atoms with Crippen molar-refractivity contribution >= 4 is 0 Å². The smallest absolute Gasteiger partial charge is 0.0968 e. The lowest BCUT2D eigenvalue weighted by Gasteiger charge is -2.22. The quantitative estimate of drug-likeness (QED) is 0.755. The van der Waals surface area contributed by atoms with E-state index in [4.69, 9.17) is 9.84 Å². The van der Waals surface area contributed by atoms with E-state index < -0.39 is 0 Å². The number of nitrogens with zero attached hydrogens (tertiary/aromatic N) is 3. The standard InChI is InChI=1S/C21H31N3O/c1-23(13-14-25-3)15-20-16-24(2)22-21(20)19-11-9-18(10-12-19)17-7-5-4-6-8-17/h9-12,16-17H,4-8,13-15H2,1-3H3. The van der Waals surface area contributed by atoms with Gasteiger partial charge in [0.2, 0.25) is 0 Å². The zero-order valence-electron chi connectivity index (χ0n) is 15.9. The summed E-state index contributed by atoms with van der Waals surface area (Å²) in [5.41, 5.74) is 5.09. The summed E-state index contributed by atoms with van der Waals surface area (Å²) < 4.78 is 7.10. The highest BCUT2D eigenvalue weighted by Gasteiger charge is 2.16. The van der Waals surface area contributed by atoms with Crippen LogP contribution in [0.3, 0.4) is 0 Å². The molecule has 0 atom stereocenters. The van der Waals surface area contributed by atoms with Gasteiger partial charge in [0.1, 0.15) is 0 Å². The summed E-state index contributed by atoms with van der Waals surface area (Å²) in [5, 5.41) is 4.72. The van der Waals surface area contributed by atoms with Crippen molar-refractivity contribution in [1.82, 2.24) is 14.7 Å². The third-order valence-electron chi connectivity index (χ3n) is 5.28. The minimum Gasteiger partial charge on any atom is -0.383 e. The molecule has 1 aromatic heterocycles. The molecule has 0 aliphatic heterocycles. The molecule has 1 fully saturated rings. The van der Waals surface area contributed by atoms with Crippen LogP contribution in [0.1, 0.15) is 49.1 Å². The summed E-state index contributed by atoms with van der Waals surface area (Å²) in [6.45, 7) is 2.56. The fraction of sp³-hybridized carbons (Fsp3) is 0.571. The largest absolute Gasteiger partial charge is 0.383 e. The number of aryl methyl sites for hydroxylation is 1. The van der Waals surface area contributed by atoms with E-state index in [-0.39, 0.29) is 0 Å². The van der Waals surface area contributed by atoms with Gasteiger partial charge >= 0.3 is 0 Å². The number of hydrogen-bond donors (Lipinski definition) is 0. The summed E-state index contributed by atoms with van der Waals surface area (Å²) in [5.74, 6) is 0.756. The Morgan fingerprint density at radius 2 is 1.88 bits per heavy atom. The first-order valence-corrected chi connectivity index (χ1v) is 9.47. The maximum Gasteiger partial charge on any atom is 0.0968 e. The maximum atomic E-state index is 5.18. The minimum atomic E-state index is 0.752. The summed E-state index contributed by atoms with van der Waals surface area (Å²) in [4.78, 5) is 2.28. The molecule has 2 aromatic rings. The molecule has 0 radical (unpaired) electrons. The van der Waals surface area contributed by atoms with E-state index in [0.29, 0.717) is 0 Å². The normalized spacial score (nSPS) is 15.8. The average molecular weight is 341 g/mol. The molecule has 1 saturated carbocycles. The van der Waals surface area contributed by atoms with Crippen molar-refractivity contribution in [2.24, 2.45) is 7.05 Å². The second kappa shape index (κ2) is 8.63. The van der Waals surface area contributed by atoms with Crippen molar-refractivity contribution in [3.8, 4) is 11.3 Å². The van der Waals surface area contributed by atoms with E-state index in [1.165, 1.54) is 48.8 Å². The van der Waals surface area contributed by atoms with Gasteiger partial charge in [-0.25, -0.2) is 0 Å². The number of benzene rings is 1. The lowest BCUT2D eigenvalue weighted by molar-refractivity contribution is 0.158. The third kappa shape index (κ3) is 4.71. The Hall–Kier alpha value is -1.65. The molecule has 0 amide bonds. The van der Waals surface area contributed by atoms with E-state index in [0.717, 1.165) is 31.3 Å². The fourth-order valence-corrected chi connectivity index (χ4v) is 3.86. The number of methoxy groups -OCH3 is 1. The molecule has 3 rings (SSSR count). The van der Waals surface area contributed by atoms with Gasteiger partial charge in [-0.3, -0.25) is 9.58 Å².